The summed E-state index contributed by atoms with van der Waals surface area (Å²) in [4.78, 5) is 14.8. The van der Waals surface area contributed by atoms with Gasteiger partial charge in [0.25, 0.3) is 0 Å². The number of carbonyl (C=O) groups excluding carboxylic acids is 1. The third-order valence-corrected chi connectivity index (χ3v) is 3.33. The Bertz CT molecular complexity index is 724. The Hall–Kier alpha value is -2.40. The van der Waals surface area contributed by atoms with Gasteiger partial charge in [0, 0.05) is 0 Å². The van der Waals surface area contributed by atoms with Crippen molar-refractivity contribution in [3.05, 3.63) is 29.7 Å². The minimum atomic E-state index is -0.585. The van der Waals surface area contributed by atoms with E-state index in [-0.39, 0.29) is 33.5 Å². The van der Waals surface area contributed by atoms with Crippen molar-refractivity contribution in [3.63, 3.8) is 0 Å². The van der Waals surface area contributed by atoms with Gasteiger partial charge in [-0.1, -0.05) is 17.2 Å². The summed E-state index contributed by atoms with van der Waals surface area (Å²) in [5.74, 6) is -1.30. The van der Waals surface area contributed by atoms with Crippen LogP contribution < -0.4 is 16.7 Å². The van der Waals surface area contributed by atoms with Crippen molar-refractivity contribution < 1.29 is 19.0 Å². The molecule has 1 amide bonds. The number of hydrogen-bond acceptors (Lipinski definition) is 7. The molecule has 1 heterocycles. The number of rotatable bonds is 5. The standard InChI is InChI=1S/C11H9BFN5O3S/c12-6-3-5(1-2-7(6)13)15-10(16-20)9-11(18-21-17-9)22-4-8(14)19/h1-3,20H,4H2,(H2,14,19)(H,15,16). The first-order chi connectivity index (χ1) is 10.5. The van der Waals surface area contributed by atoms with E-state index < -0.39 is 11.7 Å². The summed E-state index contributed by atoms with van der Waals surface area (Å²) in [6.07, 6.45) is 0. The number of hydroxylamine groups is 1. The maximum atomic E-state index is 13.1. The van der Waals surface area contributed by atoms with Gasteiger partial charge in [0.2, 0.25) is 5.91 Å². The minimum absolute atomic E-state index is 0.0522. The van der Waals surface area contributed by atoms with Crippen LogP contribution in [-0.2, 0) is 4.79 Å². The molecular weight excluding hydrogens is 312 g/mol. The normalized spacial score (nSPS) is 11.5. The topological polar surface area (TPSA) is 127 Å². The van der Waals surface area contributed by atoms with Crippen molar-refractivity contribution in [2.75, 3.05) is 5.75 Å². The van der Waals surface area contributed by atoms with Crippen molar-refractivity contribution in [1.82, 2.24) is 15.8 Å². The largest absolute Gasteiger partial charge is 0.369 e. The predicted molar refractivity (Wildman–Crippen MR) is 77.1 cm³/mol. The molecule has 0 bridgehead atoms. The van der Waals surface area contributed by atoms with Crippen LogP contribution in [0.2, 0.25) is 0 Å². The van der Waals surface area contributed by atoms with Crippen molar-refractivity contribution in [1.29, 1.82) is 0 Å². The van der Waals surface area contributed by atoms with Gasteiger partial charge in [-0.3, -0.25) is 15.5 Å². The van der Waals surface area contributed by atoms with Crippen molar-refractivity contribution in [2.24, 2.45) is 10.7 Å². The van der Waals surface area contributed by atoms with E-state index in [4.69, 9.17) is 13.6 Å². The van der Waals surface area contributed by atoms with Gasteiger partial charge in [0.1, 0.15) is 13.7 Å². The van der Waals surface area contributed by atoms with Gasteiger partial charge >= 0.3 is 0 Å². The summed E-state index contributed by atoms with van der Waals surface area (Å²) in [5.41, 5.74) is 7.11. The Balaban J connectivity index is 2.31. The van der Waals surface area contributed by atoms with Gasteiger partial charge in [-0.2, -0.15) is 0 Å². The number of benzene rings is 1. The summed E-state index contributed by atoms with van der Waals surface area (Å²) in [6, 6.07) is 3.76. The molecule has 1 aromatic carbocycles. The van der Waals surface area contributed by atoms with Crippen LogP contribution in [0.25, 0.3) is 0 Å². The number of nitrogens with zero attached hydrogens (tertiary/aromatic N) is 3. The number of thioether (sulfide) groups is 1. The molecule has 22 heavy (non-hydrogen) atoms. The lowest BCUT2D eigenvalue weighted by Gasteiger charge is -2.03. The van der Waals surface area contributed by atoms with E-state index >= 15 is 0 Å². The molecule has 8 nitrogen and oxygen atoms in total. The first-order valence-electron chi connectivity index (χ1n) is 5.79. The van der Waals surface area contributed by atoms with Crippen LogP contribution in [0.1, 0.15) is 5.69 Å². The summed E-state index contributed by atoms with van der Waals surface area (Å²) < 4.78 is 17.7. The molecule has 2 radical (unpaired) electrons. The first-order valence-corrected chi connectivity index (χ1v) is 6.77. The molecule has 0 unspecified atom stereocenters. The molecule has 0 saturated carbocycles. The molecule has 0 aliphatic carbocycles. The Labute approximate surface area is 129 Å². The summed E-state index contributed by atoms with van der Waals surface area (Å²) in [6.45, 7) is 0. The summed E-state index contributed by atoms with van der Waals surface area (Å²) in [5, 5.41) is 16.6. The van der Waals surface area contributed by atoms with Gasteiger partial charge in [-0.25, -0.2) is 14.0 Å². The second kappa shape index (κ2) is 7.05. The molecule has 0 aliphatic rings. The summed E-state index contributed by atoms with van der Waals surface area (Å²) >= 11 is 0.963. The SMILES string of the molecule is [B]c1cc(N=C(NO)c2nonc2SCC(N)=O)ccc1F. The molecule has 0 saturated heterocycles. The predicted octanol–water partition coefficient (Wildman–Crippen LogP) is -0.363. The number of carbonyl (C=O) groups is 1. The molecule has 0 spiro atoms. The average molecular weight is 321 g/mol. The highest BCUT2D eigenvalue weighted by atomic mass is 32.2. The summed E-state index contributed by atoms with van der Waals surface area (Å²) in [7, 11) is 5.44. The number of primary amides is 1. The average Bonchev–Trinajstić information content (AvgIpc) is 2.94. The molecule has 0 fully saturated rings. The van der Waals surface area contributed by atoms with Crippen LogP contribution in [0.3, 0.4) is 0 Å². The van der Waals surface area contributed by atoms with E-state index in [0.717, 1.165) is 17.8 Å². The van der Waals surface area contributed by atoms with E-state index in [2.05, 4.69) is 19.9 Å². The molecule has 0 aliphatic heterocycles. The smallest absolute Gasteiger partial charge is 0.227 e. The van der Waals surface area contributed by atoms with Gasteiger partial charge in [0.15, 0.2) is 16.6 Å². The van der Waals surface area contributed by atoms with Crippen LogP contribution in [0.15, 0.2) is 32.8 Å². The van der Waals surface area contributed by atoms with E-state index in [1.807, 2.05) is 5.48 Å². The quantitative estimate of drug-likeness (QED) is 0.226. The number of aliphatic imine (C=N–C) groups is 1. The van der Waals surface area contributed by atoms with E-state index in [1.165, 1.54) is 12.1 Å². The molecule has 2 rings (SSSR count). The van der Waals surface area contributed by atoms with E-state index in [0.29, 0.717) is 0 Å². The zero-order valence-corrected chi connectivity index (χ0v) is 11.8. The second-order valence-electron chi connectivity index (χ2n) is 3.95. The fourth-order valence-corrected chi connectivity index (χ4v) is 2.06. The van der Waals surface area contributed by atoms with Crippen LogP contribution in [-0.4, -0.2) is 40.9 Å². The molecule has 0 atom stereocenters. The fraction of sp³-hybridized carbons (Fsp3) is 0.0909. The molecule has 4 N–H and O–H groups in total. The van der Waals surface area contributed by atoms with Gasteiger partial charge in [0.05, 0.1) is 11.4 Å². The lowest BCUT2D eigenvalue weighted by atomic mass is 9.95. The van der Waals surface area contributed by atoms with Gasteiger partial charge < -0.3 is 5.73 Å². The number of aromatic nitrogens is 2. The van der Waals surface area contributed by atoms with E-state index in [1.54, 1.807) is 0 Å². The van der Waals surface area contributed by atoms with Crippen LogP contribution in [0.5, 0.6) is 0 Å². The fourth-order valence-electron chi connectivity index (χ4n) is 1.42. The highest BCUT2D eigenvalue weighted by molar-refractivity contribution is 8.00. The maximum Gasteiger partial charge on any atom is 0.227 e. The van der Waals surface area contributed by atoms with Crippen molar-refractivity contribution in [2.45, 2.75) is 5.03 Å². The number of hydrogen-bond donors (Lipinski definition) is 3. The number of nitrogens with one attached hydrogen (secondary N) is 1. The number of amidine groups is 1. The molecule has 112 valence electrons. The van der Waals surface area contributed by atoms with Crippen molar-refractivity contribution in [3.8, 4) is 0 Å². The number of amides is 1. The molecule has 11 heteroatoms. The Morgan fingerprint density at radius 2 is 2.32 bits per heavy atom. The minimum Gasteiger partial charge on any atom is -0.369 e. The molecule has 2 aromatic rings. The second-order valence-corrected chi connectivity index (χ2v) is 4.92. The zero-order valence-electron chi connectivity index (χ0n) is 11.0. The first kappa shape index (κ1) is 16.0. The maximum absolute atomic E-state index is 13.1. The van der Waals surface area contributed by atoms with Gasteiger partial charge in [-0.05, 0) is 28.5 Å². The highest BCUT2D eigenvalue weighted by Crippen LogP contribution is 2.20. The Kier molecular flexibility index (Phi) is 5.12. The number of halogens is 1. The van der Waals surface area contributed by atoms with Gasteiger partial charge in [-0.15, -0.1) is 0 Å². The lowest BCUT2D eigenvalue weighted by Crippen LogP contribution is -2.22. The van der Waals surface area contributed by atoms with E-state index in [9.17, 15) is 14.4 Å². The monoisotopic (exact) mass is 321 g/mol. The third-order valence-electron chi connectivity index (χ3n) is 2.36. The Morgan fingerprint density at radius 3 is 2.95 bits per heavy atom. The van der Waals surface area contributed by atoms with Crippen LogP contribution >= 0.6 is 11.8 Å². The van der Waals surface area contributed by atoms with Crippen molar-refractivity contribution >= 4 is 42.5 Å². The third kappa shape index (κ3) is 3.83. The molecule has 1 aromatic heterocycles. The zero-order chi connectivity index (χ0) is 16.1. The lowest BCUT2D eigenvalue weighted by molar-refractivity contribution is -0.115. The molecular formula is C11H9BFN5O3S. The highest BCUT2D eigenvalue weighted by Gasteiger charge is 2.17. The number of nitrogens with two attached hydrogens (primary N) is 1. The van der Waals surface area contributed by atoms with Crippen LogP contribution in [0.4, 0.5) is 10.1 Å². The van der Waals surface area contributed by atoms with Crippen LogP contribution in [0, 0.1) is 5.82 Å². The Morgan fingerprint density at radius 1 is 1.55 bits per heavy atom.